The van der Waals surface area contributed by atoms with Crippen LogP contribution in [-0.4, -0.2) is 29.8 Å². The van der Waals surface area contributed by atoms with Crippen LogP contribution in [0.3, 0.4) is 0 Å². The fraction of sp³-hybridized carbons (Fsp3) is 0.227. The van der Waals surface area contributed by atoms with E-state index in [1.54, 1.807) is 18.4 Å². The Morgan fingerprint density at radius 3 is 2.76 bits per heavy atom. The quantitative estimate of drug-likeness (QED) is 0.558. The Kier molecular flexibility index (Phi) is 5.84. The Balaban J connectivity index is 1.71. The van der Waals surface area contributed by atoms with Crippen molar-refractivity contribution in [2.75, 3.05) is 12.9 Å². The molecule has 0 unspecified atom stereocenters. The van der Waals surface area contributed by atoms with Gasteiger partial charge in [-0.25, -0.2) is 4.98 Å². The highest BCUT2D eigenvalue weighted by atomic mass is 32.2. The van der Waals surface area contributed by atoms with E-state index in [1.165, 1.54) is 11.8 Å². The zero-order valence-electron chi connectivity index (χ0n) is 15.8. The second kappa shape index (κ2) is 8.68. The van der Waals surface area contributed by atoms with E-state index in [-0.39, 0.29) is 11.7 Å². The van der Waals surface area contributed by atoms with E-state index in [0.29, 0.717) is 16.6 Å². The predicted octanol–water partition coefficient (Wildman–Crippen LogP) is 4.73. The zero-order valence-corrected chi connectivity index (χ0v) is 17.5. The van der Waals surface area contributed by atoms with Crippen molar-refractivity contribution in [2.45, 2.75) is 23.9 Å². The van der Waals surface area contributed by atoms with Gasteiger partial charge in [-0.1, -0.05) is 17.8 Å². The molecule has 1 fully saturated rings. The first-order chi connectivity index (χ1) is 14.2. The molecule has 0 spiro atoms. The number of nitrogens with zero attached hydrogens (tertiary/aromatic N) is 2. The number of amides is 1. The number of thioether (sulfide) groups is 1. The summed E-state index contributed by atoms with van der Waals surface area (Å²) in [5.41, 5.74) is 3.04. The van der Waals surface area contributed by atoms with Crippen LogP contribution in [0.2, 0.25) is 0 Å². The summed E-state index contributed by atoms with van der Waals surface area (Å²) in [6.45, 7) is 0. The van der Waals surface area contributed by atoms with Gasteiger partial charge >= 0.3 is 0 Å². The number of carbonyl (C=O) groups is 1. The molecule has 29 heavy (non-hydrogen) atoms. The molecule has 5 nitrogen and oxygen atoms in total. The van der Waals surface area contributed by atoms with Gasteiger partial charge in [0.15, 0.2) is 0 Å². The normalized spacial score (nSPS) is 13.0. The van der Waals surface area contributed by atoms with Crippen molar-refractivity contribution in [3.05, 3.63) is 53.4 Å². The molecular formula is C22H19N3O2S2. The van der Waals surface area contributed by atoms with Gasteiger partial charge in [0.2, 0.25) is 5.91 Å². The molecule has 0 bridgehead atoms. The minimum absolute atomic E-state index is 0.0179. The average molecular weight is 422 g/mol. The Hall–Kier alpha value is -2.82. The minimum atomic E-state index is -0.0179. The number of benzene rings is 1. The second-order valence-corrected chi connectivity index (χ2v) is 8.60. The fourth-order valence-corrected chi connectivity index (χ4v) is 4.46. The van der Waals surface area contributed by atoms with Crippen LogP contribution in [0.15, 0.2) is 52.9 Å². The van der Waals surface area contributed by atoms with Crippen molar-refractivity contribution >= 4 is 29.0 Å². The van der Waals surface area contributed by atoms with Gasteiger partial charge in [0.05, 0.1) is 24.1 Å². The monoisotopic (exact) mass is 421 g/mol. The summed E-state index contributed by atoms with van der Waals surface area (Å²) in [6.07, 6.45) is 2.10. The van der Waals surface area contributed by atoms with E-state index >= 15 is 0 Å². The van der Waals surface area contributed by atoms with E-state index < -0.39 is 0 Å². The van der Waals surface area contributed by atoms with E-state index in [0.717, 1.165) is 40.3 Å². The summed E-state index contributed by atoms with van der Waals surface area (Å²) in [5.74, 6) is 0.997. The van der Waals surface area contributed by atoms with Crippen LogP contribution in [0.25, 0.3) is 21.7 Å². The van der Waals surface area contributed by atoms with Gasteiger partial charge in [0.25, 0.3) is 0 Å². The molecule has 7 heteroatoms. The average Bonchev–Trinajstić information content (AvgIpc) is 3.39. The third-order valence-corrected chi connectivity index (χ3v) is 6.43. The number of pyridine rings is 1. The lowest BCUT2D eigenvalue weighted by molar-refractivity contribution is -0.118. The van der Waals surface area contributed by atoms with Crippen LogP contribution in [0, 0.1) is 11.3 Å². The number of ether oxygens (including phenoxy) is 1. The number of nitrogens with one attached hydrogen (secondary N) is 1. The summed E-state index contributed by atoms with van der Waals surface area (Å²) < 4.78 is 5.24. The lowest BCUT2D eigenvalue weighted by Gasteiger charge is -2.12. The van der Waals surface area contributed by atoms with Gasteiger partial charge in [-0.2, -0.15) is 5.26 Å². The first-order valence-electron chi connectivity index (χ1n) is 9.23. The van der Waals surface area contributed by atoms with Gasteiger partial charge < -0.3 is 10.1 Å². The molecule has 0 aliphatic heterocycles. The third-order valence-electron chi connectivity index (χ3n) is 4.55. The van der Waals surface area contributed by atoms with Crippen molar-refractivity contribution in [1.29, 1.82) is 5.26 Å². The molecule has 1 aliphatic rings. The van der Waals surface area contributed by atoms with Gasteiger partial charge in [-0.05, 0) is 54.6 Å². The fourth-order valence-electron chi connectivity index (χ4n) is 2.90. The predicted molar refractivity (Wildman–Crippen MR) is 116 cm³/mol. The molecule has 0 saturated heterocycles. The number of carbonyl (C=O) groups excluding carboxylic acids is 1. The molecule has 2 aromatic heterocycles. The molecule has 1 saturated carbocycles. The molecule has 4 rings (SSSR count). The van der Waals surface area contributed by atoms with Crippen LogP contribution in [0.1, 0.15) is 18.4 Å². The van der Waals surface area contributed by atoms with Gasteiger partial charge in [-0.15, -0.1) is 11.3 Å². The summed E-state index contributed by atoms with van der Waals surface area (Å²) in [7, 11) is 1.63. The number of methoxy groups -OCH3 is 1. The maximum Gasteiger partial charge on any atom is 0.230 e. The summed E-state index contributed by atoms with van der Waals surface area (Å²) >= 11 is 2.89. The minimum Gasteiger partial charge on any atom is -0.497 e. The van der Waals surface area contributed by atoms with E-state index in [9.17, 15) is 10.1 Å². The number of rotatable bonds is 7. The molecular weight excluding hydrogens is 402 g/mol. The Morgan fingerprint density at radius 1 is 1.34 bits per heavy atom. The summed E-state index contributed by atoms with van der Waals surface area (Å²) in [4.78, 5) is 17.9. The molecule has 2 heterocycles. The van der Waals surface area contributed by atoms with Crippen LogP contribution in [0.5, 0.6) is 5.75 Å². The highest BCUT2D eigenvalue weighted by Gasteiger charge is 2.24. The molecule has 1 N–H and O–H groups in total. The number of aromatic nitrogens is 1. The van der Waals surface area contributed by atoms with Crippen LogP contribution in [0.4, 0.5) is 0 Å². The second-order valence-electron chi connectivity index (χ2n) is 6.68. The standard InChI is InChI=1S/C22H19N3O2S2/c1-27-16-8-4-14(5-9-16)19-11-17(20-3-2-10-28-20)18(12-23)22(25-19)29-13-21(26)24-15-6-7-15/h2-5,8-11,15H,6-7,13H2,1H3,(H,24,26). The lowest BCUT2D eigenvalue weighted by Crippen LogP contribution is -2.27. The van der Waals surface area contributed by atoms with Crippen molar-refractivity contribution in [3.8, 4) is 33.5 Å². The molecule has 1 aromatic carbocycles. The number of nitriles is 1. The lowest BCUT2D eigenvalue weighted by atomic mass is 10.0. The first kappa shape index (κ1) is 19.5. The molecule has 3 aromatic rings. The maximum atomic E-state index is 12.2. The van der Waals surface area contributed by atoms with E-state index in [1.807, 2.05) is 47.8 Å². The topological polar surface area (TPSA) is 75.0 Å². The number of hydrogen-bond donors (Lipinski definition) is 1. The van der Waals surface area contributed by atoms with Crippen molar-refractivity contribution in [2.24, 2.45) is 0 Å². The van der Waals surface area contributed by atoms with Crippen LogP contribution < -0.4 is 10.1 Å². The van der Waals surface area contributed by atoms with Gasteiger partial charge in [-0.3, -0.25) is 4.79 Å². The Labute approximate surface area is 177 Å². The first-order valence-corrected chi connectivity index (χ1v) is 11.1. The Morgan fingerprint density at radius 2 is 2.14 bits per heavy atom. The smallest absolute Gasteiger partial charge is 0.230 e. The van der Waals surface area contributed by atoms with Gasteiger partial charge in [0, 0.05) is 22.0 Å². The molecule has 146 valence electrons. The van der Waals surface area contributed by atoms with Crippen LogP contribution in [-0.2, 0) is 4.79 Å². The van der Waals surface area contributed by atoms with Gasteiger partial charge in [0.1, 0.15) is 16.8 Å². The summed E-state index contributed by atoms with van der Waals surface area (Å²) in [5, 5.41) is 15.4. The largest absolute Gasteiger partial charge is 0.497 e. The maximum absolute atomic E-state index is 12.2. The molecule has 1 amide bonds. The number of thiophene rings is 1. The van der Waals surface area contributed by atoms with E-state index in [4.69, 9.17) is 9.72 Å². The van der Waals surface area contributed by atoms with Crippen LogP contribution >= 0.6 is 23.1 Å². The van der Waals surface area contributed by atoms with Crippen molar-refractivity contribution in [1.82, 2.24) is 10.3 Å². The highest BCUT2D eigenvalue weighted by Crippen LogP contribution is 2.36. The third kappa shape index (κ3) is 4.61. The summed E-state index contributed by atoms with van der Waals surface area (Å²) in [6, 6.07) is 16.2. The Bertz CT molecular complexity index is 1050. The molecule has 0 atom stereocenters. The van der Waals surface area contributed by atoms with Crippen molar-refractivity contribution < 1.29 is 9.53 Å². The highest BCUT2D eigenvalue weighted by molar-refractivity contribution is 8.00. The van der Waals surface area contributed by atoms with Crippen molar-refractivity contribution in [3.63, 3.8) is 0 Å². The molecule has 0 radical (unpaired) electrons. The molecule has 1 aliphatic carbocycles. The van der Waals surface area contributed by atoms with E-state index in [2.05, 4.69) is 11.4 Å². The SMILES string of the molecule is COc1ccc(-c2cc(-c3cccs3)c(C#N)c(SCC(=O)NC3CC3)n2)cc1. The zero-order chi connectivity index (χ0) is 20.2. The number of hydrogen-bond acceptors (Lipinski definition) is 6.